The molecule has 0 aliphatic carbocycles. The maximum absolute atomic E-state index is 13.9. The first-order valence-corrected chi connectivity index (χ1v) is 10.5. The molecule has 3 rings (SSSR count). The maximum atomic E-state index is 13.9. The van der Waals surface area contributed by atoms with Crippen molar-refractivity contribution in [2.75, 3.05) is 39.9 Å². The van der Waals surface area contributed by atoms with Gasteiger partial charge in [-0.25, -0.2) is 4.39 Å². The average molecular weight is 405 g/mol. The van der Waals surface area contributed by atoms with E-state index >= 15 is 0 Å². The Hall–Kier alpha value is -2.15. The van der Waals surface area contributed by atoms with Gasteiger partial charge in [0.15, 0.2) is 5.96 Å². The maximum Gasteiger partial charge on any atom is 0.225 e. The van der Waals surface area contributed by atoms with Gasteiger partial charge in [-0.1, -0.05) is 26.0 Å². The summed E-state index contributed by atoms with van der Waals surface area (Å²) in [6.45, 7) is 7.32. The third kappa shape index (κ3) is 5.26. The molecule has 0 saturated carbocycles. The first-order chi connectivity index (χ1) is 13.9. The van der Waals surface area contributed by atoms with Gasteiger partial charge >= 0.3 is 0 Å². The molecule has 160 valence electrons. The number of benzene rings is 1. The number of carbonyl (C=O) groups is 1. The van der Waals surface area contributed by atoms with Gasteiger partial charge < -0.3 is 20.3 Å². The number of hydrogen-bond donors (Lipinski definition) is 2. The zero-order valence-electron chi connectivity index (χ0n) is 17.7. The van der Waals surface area contributed by atoms with Crippen LogP contribution in [0.1, 0.15) is 38.7 Å². The molecule has 29 heavy (non-hydrogen) atoms. The fourth-order valence-electron chi connectivity index (χ4n) is 4.23. The fourth-order valence-corrected chi connectivity index (χ4v) is 4.23. The molecular weight excluding hydrogens is 371 g/mol. The third-order valence-corrected chi connectivity index (χ3v) is 6.04. The van der Waals surface area contributed by atoms with Gasteiger partial charge in [0.1, 0.15) is 5.82 Å². The predicted molar refractivity (Wildman–Crippen MR) is 112 cm³/mol. The van der Waals surface area contributed by atoms with Gasteiger partial charge in [-0.3, -0.25) is 9.79 Å². The van der Waals surface area contributed by atoms with Crippen molar-refractivity contribution in [1.29, 1.82) is 0 Å². The summed E-state index contributed by atoms with van der Waals surface area (Å²) in [4.78, 5) is 18.5. The smallest absolute Gasteiger partial charge is 0.225 e. The molecule has 2 fully saturated rings. The molecule has 2 aliphatic heterocycles. The van der Waals surface area contributed by atoms with Crippen LogP contribution in [0.15, 0.2) is 29.3 Å². The van der Waals surface area contributed by atoms with E-state index < -0.39 is 0 Å². The van der Waals surface area contributed by atoms with Crippen LogP contribution >= 0.6 is 0 Å². The minimum absolute atomic E-state index is 0.0193. The monoisotopic (exact) mass is 404 g/mol. The van der Waals surface area contributed by atoms with Gasteiger partial charge in [0.25, 0.3) is 0 Å². The first kappa shape index (κ1) is 21.6. The lowest BCUT2D eigenvalue weighted by Crippen LogP contribution is -2.50. The molecule has 1 atom stereocenters. The second kappa shape index (κ2) is 9.57. The third-order valence-electron chi connectivity index (χ3n) is 6.04. The Morgan fingerprint density at radius 2 is 2.14 bits per heavy atom. The van der Waals surface area contributed by atoms with E-state index in [1.54, 1.807) is 19.2 Å². The molecule has 1 aromatic carbocycles. The number of carbonyl (C=O) groups excluding carboxylic acids is 1. The number of ether oxygens (including phenoxy) is 1. The summed E-state index contributed by atoms with van der Waals surface area (Å²) in [5.74, 6) is 0.725. The van der Waals surface area contributed by atoms with E-state index in [-0.39, 0.29) is 29.1 Å². The molecule has 7 heteroatoms. The van der Waals surface area contributed by atoms with Gasteiger partial charge in [0.05, 0.1) is 0 Å². The molecule has 2 saturated heterocycles. The van der Waals surface area contributed by atoms with E-state index in [1.807, 2.05) is 24.8 Å². The van der Waals surface area contributed by atoms with Crippen LogP contribution in [0.4, 0.5) is 4.39 Å². The minimum Gasteiger partial charge on any atom is -0.381 e. The van der Waals surface area contributed by atoms with E-state index in [4.69, 9.17) is 4.74 Å². The van der Waals surface area contributed by atoms with Crippen molar-refractivity contribution in [3.05, 3.63) is 35.6 Å². The van der Waals surface area contributed by atoms with Crippen molar-refractivity contribution in [2.45, 2.75) is 44.6 Å². The lowest BCUT2D eigenvalue weighted by molar-refractivity contribution is -0.133. The van der Waals surface area contributed by atoms with Crippen molar-refractivity contribution in [2.24, 2.45) is 10.9 Å². The van der Waals surface area contributed by atoms with Gasteiger partial charge in [-0.15, -0.1) is 0 Å². The molecule has 2 aliphatic rings. The van der Waals surface area contributed by atoms with Gasteiger partial charge in [0.2, 0.25) is 5.91 Å². The van der Waals surface area contributed by atoms with Crippen molar-refractivity contribution < 1.29 is 13.9 Å². The summed E-state index contributed by atoms with van der Waals surface area (Å²) >= 11 is 0. The van der Waals surface area contributed by atoms with Crippen LogP contribution in [0.2, 0.25) is 0 Å². The van der Waals surface area contributed by atoms with Crippen LogP contribution in [0.5, 0.6) is 0 Å². The molecule has 0 bridgehead atoms. The SMILES string of the molecule is CN=C(NCC1(c2cccc(F)c2)CCOCC1)NC1CCN(C(=O)C(C)C)C1. The number of hydrogen-bond acceptors (Lipinski definition) is 3. The Morgan fingerprint density at radius 1 is 1.38 bits per heavy atom. The van der Waals surface area contributed by atoms with Crippen LogP contribution < -0.4 is 10.6 Å². The Morgan fingerprint density at radius 3 is 2.79 bits per heavy atom. The molecule has 2 heterocycles. The molecule has 0 spiro atoms. The zero-order chi connectivity index (χ0) is 20.9. The topological polar surface area (TPSA) is 66.0 Å². The van der Waals surface area contributed by atoms with Gasteiger partial charge in [0, 0.05) is 57.3 Å². The number of guanidine groups is 1. The Balaban J connectivity index is 1.62. The minimum atomic E-state index is -0.211. The molecule has 6 nitrogen and oxygen atoms in total. The Labute approximate surface area is 172 Å². The van der Waals surface area contributed by atoms with E-state index in [9.17, 15) is 9.18 Å². The summed E-state index contributed by atoms with van der Waals surface area (Å²) < 4.78 is 19.4. The summed E-state index contributed by atoms with van der Waals surface area (Å²) in [5, 5.41) is 6.90. The predicted octanol–water partition coefficient (Wildman–Crippen LogP) is 2.30. The number of amides is 1. The normalized spacial score (nSPS) is 22.0. The van der Waals surface area contributed by atoms with Crippen LogP contribution in [0, 0.1) is 11.7 Å². The van der Waals surface area contributed by atoms with Gasteiger partial charge in [-0.05, 0) is 37.0 Å². The van der Waals surface area contributed by atoms with Crippen LogP contribution in [-0.2, 0) is 14.9 Å². The molecule has 1 unspecified atom stereocenters. The molecule has 0 radical (unpaired) electrons. The standard InChI is InChI=1S/C22H33FN4O2/c1-16(2)20(28)27-10-7-19(14-27)26-21(24-3)25-15-22(8-11-29-12-9-22)17-5-4-6-18(23)13-17/h4-6,13,16,19H,7-12,14-15H2,1-3H3,(H2,24,25,26). The summed E-state index contributed by atoms with van der Waals surface area (Å²) in [5.41, 5.74) is 0.811. The van der Waals surface area contributed by atoms with E-state index in [0.717, 1.165) is 37.3 Å². The number of aliphatic imine (C=N–C) groups is 1. The van der Waals surface area contributed by atoms with E-state index in [1.165, 1.54) is 6.07 Å². The lowest BCUT2D eigenvalue weighted by atomic mass is 9.74. The first-order valence-electron chi connectivity index (χ1n) is 10.5. The lowest BCUT2D eigenvalue weighted by Gasteiger charge is -2.38. The molecular formula is C22H33FN4O2. The molecule has 1 aromatic rings. The van der Waals surface area contributed by atoms with Crippen LogP contribution in [0.25, 0.3) is 0 Å². The summed E-state index contributed by atoms with van der Waals surface area (Å²) in [7, 11) is 1.75. The fraction of sp³-hybridized carbons (Fsp3) is 0.636. The largest absolute Gasteiger partial charge is 0.381 e. The molecule has 2 N–H and O–H groups in total. The Kier molecular flexibility index (Phi) is 7.11. The number of likely N-dealkylation sites (tertiary alicyclic amines) is 1. The average Bonchev–Trinajstić information content (AvgIpc) is 3.19. The summed E-state index contributed by atoms with van der Waals surface area (Å²) in [6.07, 6.45) is 2.57. The summed E-state index contributed by atoms with van der Waals surface area (Å²) in [6, 6.07) is 7.07. The van der Waals surface area contributed by atoms with E-state index in [2.05, 4.69) is 15.6 Å². The number of rotatable bonds is 5. The van der Waals surface area contributed by atoms with Crippen molar-refractivity contribution >= 4 is 11.9 Å². The second-order valence-corrected chi connectivity index (χ2v) is 8.40. The zero-order valence-corrected chi connectivity index (χ0v) is 17.7. The van der Waals surface area contributed by atoms with Crippen molar-refractivity contribution in [3.8, 4) is 0 Å². The van der Waals surface area contributed by atoms with Crippen LogP contribution in [0.3, 0.4) is 0 Å². The van der Waals surface area contributed by atoms with Gasteiger partial charge in [-0.2, -0.15) is 0 Å². The highest BCUT2D eigenvalue weighted by Crippen LogP contribution is 2.34. The number of halogens is 1. The second-order valence-electron chi connectivity index (χ2n) is 8.40. The highest BCUT2D eigenvalue weighted by molar-refractivity contribution is 5.81. The highest BCUT2D eigenvalue weighted by Gasteiger charge is 2.35. The van der Waals surface area contributed by atoms with Crippen molar-refractivity contribution in [1.82, 2.24) is 15.5 Å². The highest BCUT2D eigenvalue weighted by atomic mass is 19.1. The Bertz CT molecular complexity index is 731. The molecule has 0 aromatic heterocycles. The quantitative estimate of drug-likeness (QED) is 0.584. The van der Waals surface area contributed by atoms with E-state index in [0.29, 0.717) is 26.3 Å². The molecule has 1 amide bonds. The number of nitrogens with one attached hydrogen (secondary N) is 2. The van der Waals surface area contributed by atoms with Crippen molar-refractivity contribution in [3.63, 3.8) is 0 Å². The van der Waals surface area contributed by atoms with Crippen LogP contribution in [-0.4, -0.2) is 62.7 Å². The number of nitrogens with zero attached hydrogens (tertiary/aromatic N) is 2.